The number of hydrogen-bond donors (Lipinski definition) is 0. The highest BCUT2D eigenvalue weighted by Crippen LogP contribution is 2.44. The molecular formula is C48H65NO6Si2. The first-order chi connectivity index (χ1) is 27.1. The van der Waals surface area contributed by atoms with Gasteiger partial charge in [-0.05, 0) is 58.6 Å². The molecule has 0 saturated heterocycles. The SMILES string of the molecule is C=CCN(C(=O)OCC[Si](C)(C)C)c1cc(COCc2ccccc2)cc(OCc2ccccc2)c1[C@H](COCc1ccccc1)[C@H](C=C)O[Si](C)(C)C(C)(C)C. The second kappa shape index (κ2) is 21.5. The molecular weight excluding hydrogens is 743 g/mol. The van der Waals surface area contributed by atoms with E-state index in [1.54, 1.807) is 11.0 Å². The van der Waals surface area contributed by atoms with Crippen LogP contribution in [0.15, 0.2) is 128 Å². The molecule has 0 N–H and O–H groups in total. The Kier molecular flexibility index (Phi) is 17.1. The Labute approximate surface area is 344 Å². The molecule has 0 heterocycles. The van der Waals surface area contributed by atoms with E-state index >= 15 is 0 Å². The van der Waals surface area contributed by atoms with Crippen molar-refractivity contribution >= 4 is 28.2 Å². The van der Waals surface area contributed by atoms with Crippen LogP contribution >= 0.6 is 0 Å². The van der Waals surface area contributed by atoms with Crippen LogP contribution in [0.2, 0.25) is 43.8 Å². The fourth-order valence-electron chi connectivity index (χ4n) is 6.02. The average molecular weight is 808 g/mol. The lowest BCUT2D eigenvalue weighted by molar-refractivity contribution is 0.0712. The van der Waals surface area contributed by atoms with E-state index < -0.39 is 34.5 Å². The molecule has 0 bridgehead atoms. The third kappa shape index (κ3) is 14.3. The molecule has 306 valence electrons. The van der Waals surface area contributed by atoms with Gasteiger partial charge in [-0.25, -0.2) is 4.79 Å². The summed E-state index contributed by atoms with van der Waals surface area (Å²) < 4.78 is 33.0. The molecule has 9 heteroatoms. The number of carbonyl (C=O) groups excluding carboxylic acids is 1. The summed E-state index contributed by atoms with van der Waals surface area (Å²) in [6.07, 6.45) is 2.68. The number of anilines is 1. The largest absolute Gasteiger partial charge is 0.489 e. The Bertz CT molecular complexity index is 1840. The van der Waals surface area contributed by atoms with Gasteiger partial charge in [-0.1, -0.05) is 144 Å². The number of benzene rings is 4. The number of rotatable bonds is 22. The van der Waals surface area contributed by atoms with Crippen LogP contribution in [0.1, 0.15) is 54.5 Å². The molecule has 0 aliphatic heterocycles. The number of carbonyl (C=O) groups is 1. The highest BCUT2D eigenvalue weighted by atomic mass is 28.4. The number of nitrogens with zero attached hydrogens (tertiary/aromatic N) is 1. The summed E-state index contributed by atoms with van der Waals surface area (Å²) in [6, 6.07) is 35.2. The minimum absolute atomic E-state index is 0.0752. The summed E-state index contributed by atoms with van der Waals surface area (Å²) in [4.78, 5) is 16.0. The smallest absolute Gasteiger partial charge is 0.414 e. The second-order valence-electron chi connectivity index (χ2n) is 17.3. The van der Waals surface area contributed by atoms with Crippen molar-refractivity contribution in [3.8, 4) is 5.75 Å². The van der Waals surface area contributed by atoms with Gasteiger partial charge in [0, 0.05) is 26.1 Å². The second-order valence-corrected chi connectivity index (χ2v) is 27.7. The summed E-state index contributed by atoms with van der Waals surface area (Å²) >= 11 is 0. The van der Waals surface area contributed by atoms with Crippen molar-refractivity contribution in [2.24, 2.45) is 0 Å². The Balaban J connectivity index is 1.92. The zero-order valence-corrected chi connectivity index (χ0v) is 37.6. The Morgan fingerprint density at radius 1 is 0.737 bits per heavy atom. The molecule has 1 amide bonds. The topological polar surface area (TPSA) is 66.5 Å². The summed E-state index contributed by atoms with van der Waals surface area (Å²) in [6.45, 7) is 28.6. The van der Waals surface area contributed by atoms with Crippen molar-refractivity contribution in [2.75, 3.05) is 24.7 Å². The van der Waals surface area contributed by atoms with Crippen molar-refractivity contribution in [1.29, 1.82) is 0 Å². The van der Waals surface area contributed by atoms with E-state index in [2.05, 4.69) is 78.8 Å². The molecule has 4 aromatic rings. The first kappa shape index (κ1) is 45.4. The summed E-state index contributed by atoms with van der Waals surface area (Å²) in [5, 5.41) is -0.0752. The molecule has 0 fully saturated rings. The van der Waals surface area contributed by atoms with E-state index in [1.165, 1.54) is 0 Å². The van der Waals surface area contributed by atoms with E-state index in [-0.39, 0.29) is 24.8 Å². The Hall–Kier alpha value is -4.26. The molecule has 0 aromatic heterocycles. The third-order valence-corrected chi connectivity index (χ3v) is 16.5. The summed E-state index contributed by atoms with van der Waals surface area (Å²) in [7, 11) is -3.84. The quantitative estimate of drug-likeness (QED) is 0.0582. The maximum absolute atomic E-state index is 14.3. The van der Waals surface area contributed by atoms with E-state index in [0.717, 1.165) is 33.9 Å². The Morgan fingerprint density at radius 3 is 1.77 bits per heavy atom. The van der Waals surface area contributed by atoms with Crippen molar-refractivity contribution < 1.29 is 28.2 Å². The first-order valence-corrected chi connectivity index (χ1v) is 26.7. The number of amides is 1. The van der Waals surface area contributed by atoms with Crippen LogP contribution in [0, 0.1) is 0 Å². The average Bonchev–Trinajstić information content (AvgIpc) is 3.17. The number of hydrogen-bond acceptors (Lipinski definition) is 6. The van der Waals surface area contributed by atoms with Gasteiger partial charge in [0.15, 0.2) is 8.32 Å². The van der Waals surface area contributed by atoms with Gasteiger partial charge in [-0.3, -0.25) is 4.90 Å². The van der Waals surface area contributed by atoms with Crippen LogP contribution in [-0.2, 0) is 45.1 Å². The van der Waals surface area contributed by atoms with Gasteiger partial charge in [0.05, 0.1) is 44.8 Å². The molecule has 57 heavy (non-hydrogen) atoms. The molecule has 7 nitrogen and oxygen atoms in total. The van der Waals surface area contributed by atoms with Crippen LogP contribution in [0.5, 0.6) is 5.75 Å². The molecule has 0 radical (unpaired) electrons. The van der Waals surface area contributed by atoms with Crippen molar-refractivity contribution in [2.45, 2.75) is 103 Å². The van der Waals surface area contributed by atoms with Gasteiger partial charge in [-0.15, -0.1) is 13.2 Å². The van der Waals surface area contributed by atoms with Crippen molar-refractivity contribution in [1.82, 2.24) is 0 Å². The van der Waals surface area contributed by atoms with Crippen LogP contribution in [0.25, 0.3) is 0 Å². The predicted octanol–water partition coefficient (Wildman–Crippen LogP) is 12.3. The summed E-state index contributed by atoms with van der Waals surface area (Å²) in [5.74, 6) is 0.181. The fourth-order valence-corrected chi connectivity index (χ4v) is 8.03. The fraction of sp³-hybridized carbons (Fsp3) is 0.396. The monoisotopic (exact) mass is 807 g/mol. The van der Waals surface area contributed by atoms with E-state index in [1.807, 2.05) is 97.1 Å². The molecule has 4 aromatic carbocycles. The zero-order chi connectivity index (χ0) is 41.5. The lowest BCUT2D eigenvalue weighted by Crippen LogP contribution is -2.45. The standard InChI is InChI=1S/C48H65NO6Si2/c1-11-28-49(47(50)53-29-30-56(6,7)8)43-31-41(35-51-33-38-22-16-13-17-23-38)32-45(54-36-40-26-20-15-21-27-40)46(43)42(37-52-34-39-24-18-14-19-25-39)44(12-2)55-57(9,10)48(3,4)5/h11-27,31-32,42,44H,1-2,28-30,33-37H2,3-10H3/t42-,44+/m1/s1. The highest BCUT2D eigenvalue weighted by molar-refractivity contribution is 6.76. The lowest BCUT2D eigenvalue weighted by atomic mass is 9.89. The molecule has 0 unspecified atom stereocenters. The van der Waals surface area contributed by atoms with Crippen LogP contribution in [0.3, 0.4) is 0 Å². The van der Waals surface area contributed by atoms with Gasteiger partial charge < -0.3 is 23.4 Å². The van der Waals surface area contributed by atoms with Crippen molar-refractivity contribution in [3.63, 3.8) is 0 Å². The highest BCUT2D eigenvalue weighted by Gasteiger charge is 2.42. The first-order valence-electron chi connectivity index (χ1n) is 20.0. The molecule has 4 rings (SSSR count). The van der Waals surface area contributed by atoms with E-state index in [9.17, 15) is 4.79 Å². The van der Waals surface area contributed by atoms with Crippen molar-refractivity contribution in [3.05, 3.63) is 156 Å². The van der Waals surface area contributed by atoms with Crippen LogP contribution in [-0.4, -0.2) is 48.3 Å². The van der Waals surface area contributed by atoms with Crippen LogP contribution < -0.4 is 9.64 Å². The minimum atomic E-state index is -2.36. The third-order valence-electron chi connectivity index (χ3n) is 10.3. The molecule has 0 saturated carbocycles. The summed E-state index contributed by atoms with van der Waals surface area (Å²) in [5.41, 5.74) is 5.40. The Morgan fingerprint density at radius 2 is 1.26 bits per heavy atom. The molecule has 0 aliphatic rings. The maximum atomic E-state index is 14.3. The zero-order valence-electron chi connectivity index (χ0n) is 35.6. The molecule has 2 atom stereocenters. The van der Waals surface area contributed by atoms with Gasteiger partial charge in [0.2, 0.25) is 0 Å². The van der Waals surface area contributed by atoms with Gasteiger partial charge >= 0.3 is 6.09 Å². The predicted molar refractivity (Wildman–Crippen MR) is 240 cm³/mol. The van der Waals surface area contributed by atoms with Crippen LogP contribution in [0.4, 0.5) is 10.5 Å². The van der Waals surface area contributed by atoms with Gasteiger partial charge in [0.1, 0.15) is 12.4 Å². The lowest BCUT2D eigenvalue weighted by Gasteiger charge is -2.41. The normalized spacial score (nSPS) is 13.1. The van der Waals surface area contributed by atoms with Gasteiger partial charge in [-0.2, -0.15) is 0 Å². The van der Waals surface area contributed by atoms with Gasteiger partial charge in [0.25, 0.3) is 0 Å². The molecule has 0 spiro atoms. The minimum Gasteiger partial charge on any atom is -0.489 e. The van der Waals surface area contributed by atoms with E-state index in [0.29, 0.717) is 37.9 Å². The number of ether oxygens (including phenoxy) is 4. The maximum Gasteiger partial charge on any atom is 0.414 e. The van der Waals surface area contributed by atoms with E-state index in [4.69, 9.17) is 23.4 Å². The molecule has 0 aliphatic carbocycles.